The molecule has 3 rings (SSSR count). The number of alkyl halides is 3. The number of halogens is 4. The predicted molar refractivity (Wildman–Crippen MR) is 120 cm³/mol. The lowest BCUT2D eigenvalue weighted by atomic mass is 10.0. The Kier molecular flexibility index (Phi) is 8.07. The maximum Gasteiger partial charge on any atom is 0.417 e. The molecule has 0 saturated carbocycles. The van der Waals surface area contributed by atoms with E-state index < -0.39 is 53.2 Å². The van der Waals surface area contributed by atoms with Crippen LogP contribution in [0.25, 0.3) is 0 Å². The van der Waals surface area contributed by atoms with E-state index in [2.05, 4.69) is 5.32 Å². The van der Waals surface area contributed by atoms with Gasteiger partial charge in [-0.1, -0.05) is 30.3 Å². The average molecular weight is 506 g/mol. The Morgan fingerprint density at radius 1 is 0.944 bits per heavy atom. The lowest BCUT2D eigenvalue weighted by Crippen LogP contribution is -2.53. The van der Waals surface area contributed by atoms with Crippen molar-refractivity contribution in [2.45, 2.75) is 6.18 Å². The number of nitrogens with zero attached hydrogens (tertiary/aromatic N) is 2. The molecular weight excluding hydrogens is 484 g/mol. The molecule has 3 N–H and O–H groups in total. The molecule has 0 aromatic heterocycles. The SMILES string of the molecule is NC(=CC(=O)c1ccccc1)C(=O)NCC(=O)N1CCN(C(=O)c2cc(F)ccc2C(F)(F)F)CC1. The van der Waals surface area contributed by atoms with Crippen LogP contribution < -0.4 is 11.1 Å². The van der Waals surface area contributed by atoms with Crippen LogP contribution in [0.2, 0.25) is 0 Å². The summed E-state index contributed by atoms with van der Waals surface area (Å²) in [6, 6.07) is 9.81. The number of benzene rings is 2. The first kappa shape index (κ1) is 26.4. The molecule has 0 radical (unpaired) electrons. The summed E-state index contributed by atoms with van der Waals surface area (Å²) in [6.45, 7) is -0.618. The van der Waals surface area contributed by atoms with Crippen LogP contribution in [0.1, 0.15) is 26.3 Å². The Balaban J connectivity index is 1.53. The number of nitrogens with one attached hydrogen (secondary N) is 1. The minimum Gasteiger partial charge on any atom is -0.394 e. The topological polar surface area (TPSA) is 113 Å². The summed E-state index contributed by atoms with van der Waals surface area (Å²) >= 11 is 0. The van der Waals surface area contributed by atoms with Crippen molar-refractivity contribution in [1.82, 2.24) is 15.1 Å². The fourth-order valence-corrected chi connectivity index (χ4v) is 3.53. The van der Waals surface area contributed by atoms with E-state index in [9.17, 15) is 36.7 Å². The van der Waals surface area contributed by atoms with Crippen LogP contribution in [-0.2, 0) is 15.8 Å². The van der Waals surface area contributed by atoms with Crippen molar-refractivity contribution in [2.75, 3.05) is 32.7 Å². The number of hydrogen-bond acceptors (Lipinski definition) is 5. The summed E-state index contributed by atoms with van der Waals surface area (Å²) in [6.07, 6.45) is -3.89. The number of ketones is 1. The summed E-state index contributed by atoms with van der Waals surface area (Å²) in [4.78, 5) is 51.7. The zero-order valence-corrected chi connectivity index (χ0v) is 18.8. The van der Waals surface area contributed by atoms with Gasteiger partial charge in [0.2, 0.25) is 5.91 Å². The molecule has 1 aliphatic rings. The number of allylic oxidation sites excluding steroid dienone is 1. The van der Waals surface area contributed by atoms with Crippen molar-refractivity contribution in [2.24, 2.45) is 5.73 Å². The monoisotopic (exact) mass is 506 g/mol. The van der Waals surface area contributed by atoms with E-state index in [1.165, 1.54) is 4.90 Å². The molecule has 0 bridgehead atoms. The molecule has 1 fully saturated rings. The van der Waals surface area contributed by atoms with Crippen LogP contribution in [-0.4, -0.2) is 66.0 Å². The zero-order chi connectivity index (χ0) is 26.5. The standard InChI is InChI=1S/C24H22F4N4O4/c25-16-6-7-18(24(26,27)28)17(12-16)23(36)32-10-8-31(9-11-32)21(34)14-30-22(35)19(29)13-20(33)15-4-2-1-3-5-15/h1-7,12-13H,8-11,14,29H2,(H,30,35). The molecule has 1 heterocycles. The molecule has 12 heteroatoms. The molecule has 3 amide bonds. The highest BCUT2D eigenvalue weighted by molar-refractivity contribution is 6.09. The van der Waals surface area contributed by atoms with E-state index in [0.29, 0.717) is 23.8 Å². The van der Waals surface area contributed by atoms with Crippen LogP contribution in [0, 0.1) is 5.82 Å². The molecule has 1 saturated heterocycles. The largest absolute Gasteiger partial charge is 0.417 e. The molecule has 0 unspecified atom stereocenters. The fourth-order valence-electron chi connectivity index (χ4n) is 3.53. The maximum atomic E-state index is 13.5. The van der Waals surface area contributed by atoms with E-state index in [4.69, 9.17) is 5.73 Å². The molecule has 0 atom stereocenters. The summed E-state index contributed by atoms with van der Waals surface area (Å²) in [5.41, 5.74) is 3.53. The first-order valence-electron chi connectivity index (χ1n) is 10.8. The normalized spacial score (nSPS) is 14.4. The quantitative estimate of drug-likeness (QED) is 0.354. The van der Waals surface area contributed by atoms with E-state index in [1.54, 1.807) is 30.3 Å². The molecular formula is C24H22F4N4O4. The van der Waals surface area contributed by atoms with Crippen molar-refractivity contribution in [3.05, 3.63) is 82.8 Å². The highest BCUT2D eigenvalue weighted by atomic mass is 19.4. The predicted octanol–water partition coefficient (Wildman–Crippen LogP) is 1.97. The van der Waals surface area contributed by atoms with Gasteiger partial charge in [-0.15, -0.1) is 0 Å². The van der Waals surface area contributed by atoms with Crippen molar-refractivity contribution in [3.63, 3.8) is 0 Å². The zero-order valence-electron chi connectivity index (χ0n) is 18.8. The van der Waals surface area contributed by atoms with Gasteiger partial charge >= 0.3 is 6.18 Å². The molecule has 8 nitrogen and oxygen atoms in total. The number of amides is 3. The number of carbonyl (C=O) groups excluding carboxylic acids is 4. The molecule has 2 aromatic carbocycles. The number of rotatable bonds is 6. The van der Waals surface area contributed by atoms with Crippen molar-refractivity contribution in [1.29, 1.82) is 0 Å². The minimum absolute atomic E-state index is 0.00503. The summed E-state index contributed by atoms with van der Waals surface area (Å²) in [5, 5.41) is 2.30. The molecule has 2 aromatic rings. The van der Waals surface area contributed by atoms with Gasteiger partial charge in [0, 0.05) is 37.8 Å². The van der Waals surface area contributed by atoms with Gasteiger partial charge in [-0.05, 0) is 18.2 Å². The van der Waals surface area contributed by atoms with Crippen LogP contribution in [0.3, 0.4) is 0 Å². The van der Waals surface area contributed by atoms with Crippen molar-refractivity contribution >= 4 is 23.5 Å². The Bertz CT molecular complexity index is 1190. The Hall–Kier alpha value is -4.22. The third-order valence-electron chi connectivity index (χ3n) is 5.44. The van der Waals surface area contributed by atoms with E-state index in [0.717, 1.165) is 11.0 Å². The third-order valence-corrected chi connectivity index (χ3v) is 5.44. The van der Waals surface area contributed by atoms with Gasteiger partial charge in [0.15, 0.2) is 5.78 Å². The van der Waals surface area contributed by atoms with Crippen LogP contribution >= 0.6 is 0 Å². The van der Waals surface area contributed by atoms with Gasteiger partial charge in [0.25, 0.3) is 11.8 Å². The first-order chi connectivity index (χ1) is 17.0. The Labute approximate surface area is 203 Å². The smallest absolute Gasteiger partial charge is 0.394 e. The summed E-state index contributed by atoms with van der Waals surface area (Å²) in [7, 11) is 0. The van der Waals surface area contributed by atoms with Gasteiger partial charge in [-0.25, -0.2) is 4.39 Å². The lowest BCUT2D eigenvalue weighted by Gasteiger charge is -2.35. The average Bonchev–Trinajstić information content (AvgIpc) is 2.86. The molecule has 36 heavy (non-hydrogen) atoms. The van der Waals surface area contributed by atoms with E-state index in [1.807, 2.05) is 0 Å². The van der Waals surface area contributed by atoms with Gasteiger partial charge in [0.05, 0.1) is 17.7 Å². The van der Waals surface area contributed by atoms with Gasteiger partial charge in [-0.3, -0.25) is 19.2 Å². The third kappa shape index (κ3) is 6.46. The maximum absolute atomic E-state index is 13.5. The van der Waals surface area contributed by atoms with Gasteiger partial charge in [-0.2, -0.15) is 13.2 Å². The minimum atomic E-state index is -4.84. The number of piperazine rings is 1. The van der Waals surface area contributed by atoms with Crippen LogP contribution in [0.4, 0.5) is 17.6 Å². The number of nitrogens with two attached hydrogens (primary N) is 1. The number of hydrogen-bond donors (Lipinski definition) is 2. The molecule has 0 aliphatic carbocycles. The fraction of sp³-hybridized carbons (Fsp3) is 0.250. The van der Waals surface area contributed by atoms with Crippen molar-refractivity contribution < 1.29 is 36.7 Å². The number of carbonyl (C=O) groups is 4. The summed E-state index contributed by atoms with van der Waals surface area (Å²) in [5.74, 6) is -3.80. The Morgan fingerprint density at radius 2 is 1.56 bits per heavy atom. The van der Waals surface area contributed by atoms with Crippen LogP contribution in [0.5, 0.6) is 0 Å². The van der Waals surface area contributed by atoms with Gasteiger partial charge < -0.3 is 20.9 Å². The molecule has 190 valence electrons. The second kappa shape index (κ2) is 11.0. The lowest BCUT2D eigenvalue weighted by molar-refractivity contribution is -0.138. The summed E-state index contributed by atoms with van der Waals surface area (Å²) < 4.78 is 53.2. The second-order valence-electron chi connectivity index (χ2n) is 7.87. The highest BCUT2D eigenvalue weighted by Gasteiger charge is 2.37. The second-order valence-corrected chi connectivity index (χ2v) is 7.87. The van der Waals surface area contributed by atoms with E-state index in [-0.39, 0.29) is 31.9 Å². The highest BCUT2D eigenvalue weighted by Crippen LogP contribution is 2.33. The Morgan fingerprint density at radius 3 is 2.17 bits per heavy atom. The van der Waals surface area contributed by atoms with Crippen LogP contribution in [0.15, 0.2) is 60.3 Å². The first-order valence-corrected chi connectivity index (χ1v) is 10.8. The molecule has 0 spiro atoms. The van der Waals surface area contributed by atoms with E-state index >= 15 is 0 Å². The van der Waals surface area contributed by atoms with Crippen molar-refractivity contribution in [3.8, 4) is 0 Å². The van der Waals surface area contributed by atoms with Gasteiger partial charge in [0.1, 0.15) is 11.5 Å². The molecule has 1 aliphatic heterocycles.